The fourth-order valence-electron chi connectivity index (χ4n) is 3.41. The topological polar surface area (TPSA) is 12.0 Å². The minimum atomic E-state index is -0.493. The summed E-state index contributed by atoms with van der Waals surface area (Å²) in [6, 6.07) is 4.43. The van der Waals surface area contributed by atoms with E-state index in [2.05, 4.69) is 19.2 Å². The van der Waals surface area contributed by atoms with Crippen molar-refractivity contribution in [1.29, 1.82) is 0 Å². The molecule has 21 heavy (non-hydrogen) atoms. The average Bonchev–Trinajstić information content (AvgIpc) is 2.70. The van der Waals surface area contributed by atoms with E-state index in [1.807, 2.05) is 0 Å². The van der Waals surface area contributed by atoms with E-state index in [0.717, 1.165) is 25.5 Å². The lowest BCUT2D eigenvalue weighted by molar-refractivity contribution is 0.345. The molecule has 2 rings (SSSR count). The number of hydrogen-bond acceptors (Lipinski definition) is 1. The fourth-order valence-corrected chi connectivity index (χ4v) is 3.41. The van der Waals surface area contributed by atoms with E-state index in [9.17, 15) is 8.78 Å². The predicted molar refractivity (Wildman–Crippen MR) is 83.4 cm³/mol. The monoisotopic (exact) mass is 295 g/mol. The molecule has 1 N–H and O–H groups in total. The maximum absolute atomic E-state index is 14.2. The first-order valence-electron chi connectivity index (χ1n) is 8.26. The first-order valence-corrected chi connectivity index (χ1v) is 8.26. The zero-order chi connectivity index (χ0) is 15.2. The summed E-state index contributed by atoms with van der Waals surface area (Å²) in [7, 11) is 0. The molecule has 1 fully saturated rings. The summed E-state index contributed by atoms with van der Waals surface area (Å²) in [4.78, 5) is 0. The molecular formula is C18H27F2N. The third-order valence-electron chi connectivity index (χ3n) is 4.58. The molecule has 1 nitrogen and oxygen atoms in total. The van der Waals surface area contributed by atoms with Gasteiger partial charge in [0, 0.05) is 24.6 Å². The Hall–Kier alpha value is -0.960. The molecule has 118 valence electrons. The van der Waals surface area contributed by atoms with Gasteiger partial charge in [0.1, 0.15) is 11.6 Å². The number of halogens is 2. The molecule has 0 radical (unpaired) electrons. The summed E-state index contributed by atoms with van der Waals surface area (Å²) >= 11 is 0. The van der Waals surface area contributed by atoms with Crippen molar-refractivity contribution in [3.8, 4) is 0 Å². The molecule has 0 saturated heterocycles. The lowest BCUT2D eigenvalue weighted by atomic mass is 9.81. The van der Waals surface area contributed by atoms with Crippen molar-refractivity contribution < 1.29 is 8.78 Å². The highest BCUT2D eigenvalue weighted by atomic mass is 19.1. The molecular weight excluding hydrogens is 268 g/mol. The van der Waals surface area contributed by atoms with Crippen LogP contribution in [0.2, 0.25) is 0 Å². The highest BCUT2D eigenvalue weighted by Gasteiger charge is 2.26. The Labute approximate surface area is 127 Å². The van der Waals surface area contributed by atoms with Crippen LogP contribution >= 0.6 is 0 Å². The van der Waals surface area contributed by atoms with Crippen LogP contribution in [0.5, 0.6) is 0 Å². The summed E-state index contributed by atoms with van der Waals surface area (Å²) < 4.78 is 27.4. The molecule has 1 unspecified atom stereocenters. The zero-order valence-corrected chi connectivity index (χ0v) is 13.2. The Morgan fingerprint density at radius 2 is 1.76 bits per heavy atom. The van der Waals surface area contributed by atoms with Gasteiger partial charge >= 0.3 is 0 Å². The van der Waals surface area contributed by atoms with E-state index in [1.165, 1.54) is 31.7 Å². The summed E-state index contributed by atoms with van der Waals surface area (Å²) in [5.41, 5.74) is 0.677. The van der Waals surface area contributed by atoms with Crippen molar-refractivity contribution in [2.75, 3.05) is 6.54 Å². The second-order valence-electron chi connectivity index (χ2n) is 6.59. The smallest absolute Gasteiger partial charge is 0.129 e. The van der Waals surface area contributed by atoms with Crippen molar-refractivity contribution in [1.82, 2.24) is 5.32 Å². The van der Waals surface area contributed by atoms with E-state index >= 15 is 0 Å². The van der Waals surface area contributed by atoms with Crippen molar-refractivity contribution in [2.45, 2.75) is 64.3 Å². The molecule has 0 amide bonds. The van der Waals surface area contributed by atoms with Crippen LogP contribution in [0, 0.1) is 17.6 Å². The molecule has 1 aliphatic carbocycles. The summed E-state index contributed by atoms with van der Waals surface area (Å²) in [6.07, 6.45) is 7.33. The van der Waals surface area contributed by atoms with Crippen molar-refractivity contribution >= 4 is 0 Å². The van der Waals surface area contributed by atoms with Crippen molar-refractivity contribution in [3.63, 3.8) is 0 Å². The van der Waals surface area contributed by atoms with Gasteiger partial charge in [0.25, 0.3) is 0 Å². The maximum atomic E-state index is 14.2. The largest absolute Gasteiger partial charge is 0.314 e. The SMILES string of the molecule is CC(C)NCC(c1ccc(F)cc1F)C1CCCCCC1. The summed E-state index contributed by atoms with van der Waals surface area (Å²) in [5, 5.41) is 3.44. The average molecular weight is 295 g/mol. The van der Waals surface area contributed by atoms with Crippen LogP contribution in [-0.4, -0.2) is 12.6 Å². The van der Waals surface area contributed by atoms with Crippen LogP contribution in [0.15, 0.2) is 18.2 Å². The van der Waals surface area contributed by atoms with Crippen LogP contribution in [0.4, 0.5) is 8.78 Å². The molecule has 0 spiro atoms. The molecule has 0 bridgehead atoms. The second kappa shape index (κ2) is 7.88. The van der Waals surface area contributed by atoms with Gasteiger partial charge in [0.05, 0.1) is 0 Å². The quantitative estimate of drug-likeness (QED) is 0.752. The molecule has 0 aliphatic heterocycles. The Morgan fingerprint density at radius 3 is 2.33 bits per heavy atom. The molecule has 3 heteroatoms. The predicted octanol–water partition coefficient (Wildman–Crippen LogP) is 5.02. The zero-order valence-electron chi connectivity index (χ0n) is 13.2. The van der Waals surface area contributed by atoms with Gasteiger partial charge in [-0.05, 0) is 30.4 Å². The molecule has 1 aliphatic rings. The van der Waals surface area contributed by atoms with Crippen LogP contribution in [0.1, 0.15) is 63.9 Å². The minimum absolute atomic E-state index is 0.145. The van der Waals surface area contributed by atoms with E-state index in [4.69, 9.17) is 0 Å². The number of benzene rings is 1. The number of nitrogens with one attached hydrogen (secondary N) is 1. The van der Waals surface area contributed by atoms with E-state index in [0.29, 0.717) is 17.5 Å². The van der Waals surface area contributed by atoms with Gasteiger partial charge in [0.2, 0.25) is 0 Å². The summed E-state index contributed by atoms with van der Waals surface area (Å²) in [5.74, 6) is -0.243. The van der Waals surface area contributed by atoms with Crippen LogP contribution in [0.25, 0.3) is 0 Å². The minimum Gasteiger partial charge on any atom is -0.314 e. The van der Waals surface area contributed by atoms with Gasteiger partial charge in [-0.3, -0.25) is 0 Å². The third kappa shape index (κ3) is 4.77. The van der Waals surface area contributed by atoms with Crippen LogP contribution in [-0.2, 0) is 0 Å². The normalized spacial score (nSPS) is 18.7. The lowest BCUT2D eigenvalue weighted by Crippen LogP contribution is -2.31. The van der Waals surface area contributed by atoms with Gasteiger partial charge in [-0.15, -0.1) is 0 Å². The van der Waals surface area contributed by atoms with E-state index in [-0.39, 0.29) is 5.92 Å². The molecule has 1 atom stereocenters. The fraction of sp³-hybridized carbons (Fsp3) is 0.667. The molecule has 1 saturated carbocycles. The van der Waals surface area contributed by atoms with Crippen molar-refractivity contribution in [2.24, 2.45) is 5.92 Å². The highest BCUT2D eigenvalue weighted by Crippen LogP contribution is 2.36. The van der Waals surface area contributed by atoms with Gasteiger partial charge in [-0.25, -0.2) is 8.78 Å². The van der Waals surface area contributed by atoms with Gasteiger partial charge in [-0.1, -0.05) is 45.6 Å². The standard InChI is InChI=1S/C18H27F2N/c1-13(2)21-12-17(14-7-5-3-4-6-8-14)16-10-9-15(19)11-18(16)20/h9-11,13-14,17,21H,3-8,12H2,1-2H3. The van der Waals surface area contributed by atoms with Crippen LogP contribution in [0.3, 0.4) is 0 Å². The number of hydrogen-bond donors (Lipinski definition) is 1. The van der Waals surface area contributed by atoms with Gasteiger partial charge in [0.15, 0.2) is 0 Å². The Bertz CT molecular complexity index is 437. The Kier molecular flexibility index (Phi) is 6.16. The van der Waals surface area contributed by atoms with Crippen molar-refractivity contribution in [3.05, 3.63) is 35.4 Å². The first-order chi connectivity index (χ1) is 10.1. The summed E-state index contributed by atoms with van der Waals surface area (Å²) in [6.45, 7) is 4.97. The van der Waals surface area contributed by atoms with Gasteiger partial charge < -0.3 is 5.32 Å². The molecule has 1 aromatic rings. The Balaban J connectivity index is 2.21. The number of rotatable bonds is 5. The Morgan fingerprint density at radius 1 is 1.10 bits per heavy atom. The maximum Gasteiger partial charge on any atom is 0.129 e. The molecule has 0 aromatic heterocycles. The molecule has 1 aromatic carbocycles. The lowest BCUT2D eigenvalue weighted by Gasteiger charge is -2.28. The first kappa shape index (κ1) is 16.4. The second-order valence-corrected chi connectivity index (χ2v) is 6.59. The molecule has 0 heterocycles. The van der Waals surface area contributed by atoms with E-state index in [1.54, 1.807) is 6.07 Å². The van der Waals surface area contributed by atoms with E-state index < -0.39 is 11.6 Å². The highest BCUT2D eigenvalue weighted by molar-refractivity contribution is 5.24. The van der Waals surface area contributed by atoms with Gasteiger partial charge in [-0.2, -0.15) is 0 Å². The third-order valence-corrected chi connectivity index (χ3v) is 4.58. The van der Waals surface area contributed by atoms with Crippen LogP contribution < -0.4 is 5.32 Å².